The van der Waals surface area contributed by atoms with Gasteiger partial charge >= 0.3 is 0 Å². The molecule has 0 amide bonds. The first-order valence-corrected chi connectivity index (χ1v) is 5.67. The second kappa shape index (κ2) is 5.05. The maximum atomic E-state index is 5.79. The highest BCUT2D eigenvalue weighted by Crippen LogP contribution is 2.23. The molecule has 1 aromatic heterocycles. The Morgan fingerprint density at radius 1 is 1.47 bits per heavy atom. The van der Waals surface area contributed by atoms with Crippen LogP contribution in [0, 0.1) is 0 Å². The quantitative estimate of drug-likeness (QED) is 0.614. The molecule has 0 aliphatic carbocycles. The number of fused-ring (bicyclic) bond motifs is 1. The Bertz CT molecular complexity index is 493. The molecule has 92 valence electrons. The lowest BCUT2D eigenvalue weighted by molar-refractivity contribution is 0.0868. The molecule has 0 aliphatic rings. The molecule has 0 aliphatic heterocycles. The number of hydrogen-bond acceptors (Lipinski definition) is 5. The van der Waals surface area contributed by atoms with Crippen LogP contribution in [0.1, 0.15) is 13.8 Å². The summed E-state index contributed by atoms with van der Waals surface area (Å²) in [4.78, 5) is 4.27. The Hall–Kier alpha value is -1.75. The zero-order valence-corrected chi connectivity index (χ0v) is 10.1. The number of benzene rings is 1. The average molecular weight is 235 g/mol. The summed E-state index contributed by atoms with van der Waals surface area (Å²) < 4.78 is 10.9. The minimum Gasteiger partial charge on any atom is -0.423 e. The number of para-hydroxylation sites is 1. The SMILES string of the molecule is CC(C)OCCNc1nc2c(N)cccc2o1. The lowest BCUT2D eigenvalue weighted by Crippen LogP contribution is -2.13. The van der Waals surface area contributed by atoms with Gasteiger partial charge in [0.05, 0.1) is 18.4 Å². The molecule has 5 heteroatoms. The van der Waals surface area contributed by atoms with Crippen LogP contribution >= 0.6 is 0 Å². The molecule has 5 nitrogen and oxygen atoms in total. The Morgan fingerprint density at radius 3 is 3.00 bits per heavy atom. The molecule has 0 unspecified atom stereocenters. The lowest BCUT2D eigenvalue weighted by atomic mass is 10.3. The van der Waals surface area contributed by atoms with Crippen LogP contribution in [0.5, 0.6) is 0 Å². The fraction of sp³-hybridized carbons (Fsp3) is 0.417. The van der Waals surface area contributed by atoms with Crippen LogP contribution in [-0.4, -0.2) is 24.2 Å². The van der Waals surface area contributed by atoms with Crippen LogP contribution in [0.15, 0.2) is 22.6 Å². The van der Waals surface area contributed by atoms with Gasteiger partial charge in [0, 0.05) is 6.54 Å². The second-order valence-corrected chi connectivity index (χ2v) is 4.06. The zero-order valence-electron chi connectivity index (χ0n) is 10.1. The van der Waals surface area contributed by atoms with Crippen molar-refractivity contribution >= 4 is 22.8 Å². The Morgan fingerprint density at radius 2 is 2.29 bits per heavy atom. The molecule has 17 heavy (non-hydrogen) atoms. The van der Waals surface area contributed by atoms with Crippen LogP contribution < -0.4 is 11.1 Å². The van der Waals surface area contributed by atoms with Gasteiger partial charge in [-0.15, -0.1) is 0 Å². The average Bonchev–Trinajstić information content (AvgIpc) is 2.69. The highest BCUT2D eigenvalue weighted by Gasteiger charge is 2.07. The minimum absolute atomic E-state index is 0.232. The van der Waals surface area contributed by atoms with E-state index in [1.54, 1.807) is 6.07 Å². The molecule has 0 spiro atoms. The van der Waals surface area contributed by atoms with Gasteiger partial charge < -0.3 is 20.2 Å². The topological polar surface area (TPSA) is 73.3 Å². The van der Waals surface area contributed by atoms with E-state index in [1.807, 2.05) is 26.0 Å². The van der Waals surface area contributed by atoms with Crippen molar-refractivity contribution in [2.45, 2.75) is 20.0 Å². The standard InChI is InChI=1S/C12H17N3O2/c1-8(2)16-7-6-14-12-15-11-9(13)4-3-5-10(11)17-12/h3-5,8H,6-7,13H2,1-2H3,(H,14,15). The monoisotopic (exact) mass is 235 g/mol. The first-order chi connectivity index (χ1) is 8.16. The van der Waals surface area contributed by atoms with Gasteiger partial charge in [-0.25, -0.2) is 0 Å². The van der Waals surface area contributed by atoms with E-state index in [1.165, 1.54) is 0 Å². The van der Waals surface area contributed by atoms with Gasteiger partial charge in [0.2, 0.25) is 0 Å². The number of rotatable bonds is 5. The molecule has 0 atom stereocenters. The van der Waals surface area contributed by atoms with Gasteiger partial charge in [0.15, 0.2) is 5.58 Å². The minimum atomic E-state index is 0.232. The van der Waals surface area contributed by atoms with Crippen LogP contribution in [0.3, 0.4) is 0 Å². The van der Waals surface area contributed by atoms with Gasteiger partial charge in [-0.2, -0.15) is 4.98 Å². The Balaban J connectivity index is 1.98. The molecule has 0 radical (unpaired) electrons. The molecule has 0 saturated heterocycles. The van der Waals surface area contributed by atoms with Gasteiger partial charge in [-0.1, -0.05) is 6.07 Å². The van der Waals surface area contributed by atoms with Crippen molar-refractivity contribution < 1.29 is 9.15 Å². The van der Waals surface area contributed by atoms with E-state index in [4.69, 9.17) is 14.9 Å². The van der Waals surface area contributed by atoms with Gasteiger partial charge in [-0.3, -0.25) is 0 Å². The molecule has 2 aromatic rings. The maximum Gasteiger partial charge on any atom is 0.295 e. The number of hydrogen-bond donors (Lipinski definition) is 2. The highest BCUT2D eigenvalue weighted by atomic mass is 16.5. The van der Waals surface area contributed by atoms with Gasteiger partial charge in [0.1, 0.15) is 5.52 Å². The summed E-state index contributed by atoms with van der Waals surface area (Å²) in [5.41, 5.74) is 7.80. The van der Waals surface area contributed by atoms with Crippen molar-refractivity contribution in [2.75, 3.05) is 24.2 Å². The predicted octanol–water partition coefficient (Wildman–Crippen LogP) is 2.25. The number of anilines is 2. The van der Waals surface area contributed by atoms with Gasteiger partial charge in [0.25, 0.3) is 6.01 Å². The molecule has 3 N–H and O–H groups in total. The molecule has 1 heterocycles. The third-order valence-electron chi connectivity index (χ3n) is 2.28. The first kappa shape index (κ1) is 11.7. The first-order valence-electron chi connectivity index (χ1n) is 5.67. The van der Waals surface area contributed by atoms with E-state index in [0.717, 1.165) is 0 Å². The summed E-state index contributed by atoms with van der Waals surface area (Å²) in [6.07, 6.45) is 0.232. The summed E-state index contributed by atoms with van der Waals surface area (Å²) in [6.45, 7) is 5.27. The predicted molar refractivity (Wildman–Crippen MR) is 68.0 cm³/mol. The molecular weight excluding hydrogens is 218 g/mol. The van der Waals surface area contributed by atoms with Crippen LogP contribution in [0.25, 0.3) is 11.1 Å². The zero-order chi connectivity index (χ0) is 12.3. The summed E-state index contributed by atoms with van der Waals surface area (Å²) >= 11 is 0. The number of nitrogens with zero attached hydrogens (tertiary/aromatic N) is 1. The van der Waals surface area contributed by atoms with E-state index in [2.05, 4.69) is 10.3 Å². The van der Waals surface area contributed by atoms with E-state index in [0.29, 0.717) is 36.0 Å². The Kier molecular flexibility index (Phi) is 3.49. The molecule has 0 saturated carbocycles. The normalized spacial score (nSPS) is 11.2. The Labute approximate surface area is 100.0 Å². The number of nitrogen functional groups attached to an aromatic ring is 1. The van der Waals surface area contributed by atoms with Crippen LogP contribution in [0.2, 0.25) is 0 Å². The van der Waals surface area contributed by atoms with Crippen molar-refractivity contribution in [3.05, 3.63) is 18.2 Å². The molecule has 0 bridgehead atoms. The molecule has 2 rings (SSSR count). The van der Waals surface area contributed by atoms with E-state index in [-0.39, 0.29) is 6.10 Å². The molecule has 1 aromatic carbocycles. The second-order valence-electron chi connectivity index (χ2n) is 4.06. The lowest BCUT2D eigenvalue weighted by Gasteiger charge is -2.06. The van der Waals surface area contributed by atoms with E-state index >= 15 is 0 Å². The number of nitrogens with one attached hydrogen (secondary N) is 1. The number of aromatic nitrogens is 1. The maximum absolute atomic E-state index is 5.79. The number of ether oxygens (including phenoxy) is 1. The summed E-state index contributed by atoms with van der Waals surface area (Å²) in [5.74, 6) is 0. The van der Waals surface area contributed by atoms with Crippen LogP contribution in [-0.2, 0) is 4.74 Å². The summed E-state index contributed by atoms with van der Waals surface area (Å²) in [7, 11) is 0. The molecular formula is C12H17N3O2. The number of nitrogens with two attached hydrogens (primary N) is 1. The van der Waals surface area contributed by atoms with Crippen molar-refractivity contribution in [3.8, 4) is 0 Å². The van der Waals surface area contributed by atoms with Crippen LogP contribution in [0.4, 0.5) is 11.7 Å². The van der Waals surface area contributed by atoms with Gasteiger partial charge in [-0.05, 0) is 26.0 Å². The van der Waals surface area contributed by atoms with E-state index in [9.17, 15) is 0 Å². The third kappa shape index (κ3) is 2.88. The van der Waals surface area contributed by atoms with E-state index < -0.39 is 0 Å². The summed E-state index contributed by atoms with van der Waals surface area (Å²) in [5, 5.41) is 3.06. The third-order valence-corrected chi connectivity index (χ3v) is 2.28. The largest absolute Gasteiger partial charge is 0.423 e. The van der Waals surface area contributed by atoms with Crippen molar-refractivity contribution in [1.82, 2.24) is 4.98 Å². The fourth-order valence-electron chi connectivity index (χ4n) is 1.50. The smallest absolute Gasteiger partial charge is 0.295 e. The summed E-state index contributed by atoms with van der Waals surface area (Å²) in [6, 6.07) is 5.96. The van der Waals surface area contributed by atoms with Crippen molar-refractivity contribution in [3.63, 3.8) is 0 Å². The van der Waals surface area contributed by atoms with Crippen molar-refractivity contribution in [1.29, 1.82) is 0 Å². The van der Waals surface area contributed by atoms with Crippen molar-refractivity contribution in [2.24, 2.45) is 0 Å². The number of oxazole rings is 1. The molecule has 0 fully saturated rings. The highest BCUT2D eigenvalue weighted by molar-refractivity contribution is 5.86. The fourth-order valence-corrected chi connectivity index (χ4v) is 1.50.